The lowest BCUT2D eigenvalue weighted by Crippen LogP contribution is -2.52. The van der Waals surface area contributed by atoms with E-state index in [0.29, 0.717) is 15.6 Å². The third kappa shape index (κ3) is 3.37. The highest BCUT2D eigenvalue weighted by Gasteiger charge is 2.30. The summed E-state index contributed by atoms with van der Waals surface area (Å²) in [5, 5.41) is 6.71. The van der Waals surface area contributed by atoms with Gasteiger partial charge in [-0.25, -0.2) is 0 Å². The molecule has 1 aromatic rings. The average Bonchev–Trinajstić information content (AvgIpc) is 2.46. The van der Waals surface area contributed by atoms with E-state index in [2.05, 4.69) is 10.6 Å². The Hall–Kier alpha value is -0.970. The predicted molar refractivity (Wildman–Crippen MR) is 86.0 cm³/mol. The first-order valence-electron chi connectivity index (χ1n) is 6.72. The molecule has 1 aliphatic heterocycles. The Morgan fingerprint density at radius 1 is 1.35 bits per heavy atom. The Morgan fingerprint density at radius 3 is 2.60 bits per heavy atom. The molecule has 1 aliphatic rings. The molecule has 2 rings (SSSR count). The van der Waals surface area contributed by atoms with E-state index in [1.165, 1.54) is 0 Å². The summed E-state index contributed by atoms with van der Waals surface area (Å²) in [6.07, 6.45) is 0.785. The molecule has 0 fully saturated rings. The maximum Gasteiger partial charge on any atom is 0.256 e. The van der Waals surface area contributed by atoms with Crippen molar-refractivity contribution in [3.63, 3.8) is 0 Å². The van der Waals surface area contributed by atoms with Gasteiger partial charge in [-0.3, -0.25) is 4.79 Å². The molecule has 0 unspecified atom stereocenters. The van der Waals surface area contributed by atoms with Crippen molar-refractivity contribution in [1.29, 1.82) is 0 Å². The Bertz CT molecular complexity index is 480. The van der Waals surface area contributed by atoms with Gasteiger partial charge in [0.25, 0.3) is 5.91 Å². The van der Waals surface area contributed by atoms with Crippen molar-refractivity contribution in [2.45, 2.75) is 26.4 Å². The number of fused-ring (bicyclic) bond motifs is 1. The number of nitrogens with one attached hydrogen (secondary N) is 2. The van der Waals surface area contributed by atoms with E-state index in [9.17, 15) is 4.79 Å². The van der Waals surface area contributed by atoms with Crippen molar-refractivity contribution in [2.24, 2.45) is 0 Å². The molecule has 112 valence electrons. The predicted octanol–water partition coefficient (Wildman–Crippen LogP) is 3.13. The number of rotatable bonds is 3. The van der Waals surface area contributed by atoms with Gasteiger partial charge in [0.2, 0.25) is 0 Å². The number of anilines is 1. The van der Waals surface area contributed by atoms with Gasteiger partial charge in [0.15, 0.2) is 0 Å². The van der Waals surface area contributed by atoms with Crippen molar-refractivity contribution in [1.82, 2.24) is 10.6 Å². The van der Waals surface area contributed by atoms with E-state index in [-0.39, 0.29) is 12.1 Å². The molecular weight excluding hydrogens is 297 g/mol. The minimum absolute atomic E-state index is 0.0327. The van der Waals surface area contributed by atoms with Gasteiger partial charge in [-0.1, -0.05) is 37.0 Å². The SMILES string of the molecule is CC.CNCC[C@@H]1NC(=O)c2c(ccc(Cl)c2Cl)N1C. The smallest absolute Gasteiger partial charge is 0.256 e. The zero-order chi connectivity index (χ0) is 15.3. The van der Waals surface area contributed by atoms with Crippen LogP contribution in [0.5, 0.6) is 0 Å². The molecule has 1 amide bonds. The van der Waals surface area contributed by atoms with E-state index >= 15 is 0 Å². The number of carbonyl (C=O) groups excluding carboxylic acids is 1. The zero-order valence-electron chi connectivity index (χ0n) is 12.3. The number of benzene rings is 1. The summed E-state index contributed by atoms with van der Waals surface area (Å²) in [6.45, 7) is 4.83. The summed E-state index contributed by atoms with van der Waals surface area (Å²) in [5.41, 5.74) is 1.27. The third-order valence-electron chi connectivity index (χ3n) is 3.11. The van der Waals surface area contributed by atoms with Gasteiger partial charge in [0.1, 0.15) is 6.17 Å². The van der Waals surface area contributed by atoms with E-state index in [0.717, 1.165) is 18.7 Å². The van der Waals surface area contributed by atoms with Gasteiger partial charge >= 0.3 is 0 Å². The zero-order valence-corrected chi connectivity index (χ0v) is 13.8. The number of halogens is 2. The van der Waals surface area contributed by atoms with Crippen LogP contribution in [0.3, 0.4) is 0 Å². The summed E-state index contributed by atoms with van der Waals surface area (Å²) in [5.74, 6) is -0.170. The minimum atomic E-state index is -0.170. The van der Waals surface area contributed by atoms with Crippen LogP contribution in [0, 0.1) is 0 Å². The fraction of sp³-hybridized carbons (Fsp3) is 0.500. The third-order valence-corrected chi connectivity index (χ3v) is 3.92. The lowest BCUT2D eigenvalue weighted by molar-refractivity contribution is 0.0926. The average molecular weight is 318 g/mol. The van der Waals surface area contributed by atoms with Crippen LogP contribution in [-0.4, -0.2) is 32.7 Å². The molecule has 0 saturated carbocycles. The molecular formula is C14H21Cl2N3O. The molecule has 6 heteroatoms. The summed E-state index contributed by atoms with van der Waals surface area (Å²) in [7, 11) is 3.82. The highest BCUT2D eigenvalue weighted by molar-refractivity contribution is 6.44. The monoisotopic (exact) mass is 317 g/mol. The lowest BCUT2D eigenvalue weighted by atomic mass is 10.1. The van der Waals surface area contributed by atoms with Crippen molar-refractivity contribution < 1.29 is 4.79 Å². The molecule has 1 aromatic carbocycles. The summed E-state index contributed by atoms with van der Waals surface area (Å²) in [6, 6.07) is 3.54. The van der Waals surface area contributed by atoms with Gasteiger partial charge in [0, 0.05) is 7.05 Å². The second-order valence-corrected chi connectivity index (χ2v) is 5.03. The van der Waals surface area contributed by atoms with E-state index in [1.807, 2.05) is 38.9 Å². The molecule has 0 aromatic heterocycles. The van der Waals surface area contributed by atoms with Gasteiger partial charge in [-0.15, -0.1) is 0 Å². The molecule has 0 aliphatic carbocycles. The Balaban J connectivity index is 0.000000956. The maximum atomic E-state index is 12.1. The molecule has 1 atom stereocenters. The van der Waals surface area contributed by atoms with Gasteiger partial charge in [-0.2, -0.15) is 0 Å². The van der Waals surface area contributed by atoms with Crippen molar-refractivity contribution in [2.75, 3.05) is 25.5 Å². The number of hydrogen-bond donors (Lipinski definition) is 2. The summed E-state index contributed by atoms with van der Waals surface area (Å²) >= 11 is 12.0. The minimum Gasteiger partial charge on any atom is -0.354 e. The molecule has 20 heavy (non-hydrogen) atoms. The van der Waals surface area contributed by atoms with E-state index < -0.39 is 0 Å². The standard InChI is InChI=1S/C12H15Cl2N3O.C2H6/c1-15-6-5-9-16-12(18)10-8(17(9)2)4-3-7(13)11(10)14;1-2/h3-4,9,15H,5-6H2,1-2H3,(H,16,18);1-2H3/t9-;/m1./s1. The second kappa shape index (κ2) is 7.72. The Labute approximate surface area is 130 Å². The van der Waals surface area contributed by atoms with Crippen LogP contribution in [0.25, 0.3) is 0 Å². The van der Waals surface area contributed by atoms with E-state index in [1.54, 1.807) is 6.07 Å². The Morgan fingerprint density at radius 2 is 2.00 bits per heavy atom. The number of hydrogen-bond acceptors (Lipinski definition) is 3. The van der Waals surface area contributed by atoms with Gasteiger partial charge in [-0.05, 0) is 32.1 Å². The largest absolute Gasteiger partial charge is 0.354 e. The van der Waals surface area contributed by atoms with Crippen molar-refractivity contribution in [3.05, 3.63) is 27.7 Å². The molecule has 1 heterocycles. The van der Waals surface area contributed by atoms with Crippen molar-refractivity contribution in [3.8, 4) is 0 Å². The number of nitrogens with zero attached hydrogens (tertiary/aromatic N) is 1. The van der Waals surface area contributed by atoms with Crippen LogP contribution in [-0.2, 0) is 0 Å². The highest BCUT2D eigenvalue weighted by Crippen LogP contribution is 2.35. The van der Waals surface area contributed by atoms with E-state index in [4.69, 9.17) is 23.2 Å². The number of amides is 1. The maximum absolute atomic E-state index is 12.1. The normalized spacial score (nSPS) is 17.0. The van der Waals surface area contributed by atoms with Crippen LogP contribution in [0.1, 0.15) is 30.6 Å². The number of carbonyl (C=O) groups is 1. The molecule has 2 N–H and O–H groups in total. The molecule has 0 bridgehead atoms. The van der Waals surface area contributed by atoms with Crippen LogP contribution >= 0.6 is 23.2 Å². The fourth-order valence-corrected chi connectivity index (χ4v) is 2.49. The van der Waals surface area contributed by atoms with Crippen LogP contribution in [0.15, 0.2) is 12.1 Å². The lowest BCUT2D eigenvalue weighted by Gasteiger charge is -2.36. The highest BCUT2D eigenvalue weighted by atomic mass is 35.5. The van der Waals surface area contributed by atoms with Crippen LogP contribution in [0.2, 0.25) is 10.0 Å². The first-order chi connectivity index (χ1) is 9.56. The molecule has 0 radical (unpaired) electrons. The quantitative estimate of drug-likeness (QED) is 0.900. The molecule has 4 nitrogen and oxygen atoms in total. The Kier molecular flexibility index (Phi) is 6.59. The summed E-state index contributed by atoms with van der Waals surface area (Å²) in [4.78, 5) is 14.1. The van der Waals surface area contributed by atoms with Crippen molar-refractivity contribution >= 4 is 34.8 Å². The van der Waals surface area contributed by atoms with Crippen LogP contribution in [0.4, 0.5) is 5.69 Å². The van der Waals surface area contributed by atoms with Gasteiger partial charge in [0.05, 0.1) is 21.3 Å². The van der Waals surface area contributed by atoms with Crippen LogP contribution < -0.4 is 15.5 Å². The molecule has 0 spiro atoms. The topological polar surface area (TPSA) is 44.4 Å². The first kappa shape index (κ1) is 17.1. The second-order valence-electron chi connectivity index (χ2n) is 4.25. The summed E-state index contributed by atoms with van der Waals surface area (Å²) < 4.78 is 0. The molecule has 0 saturated heterocycles. The van der Waals surface area contributed by atoms with Gasteiger partial charge < -0.3 is 15.5 Å². The first-order valence-corrected chi connectivity index (χ1v) is 7.48. The fourth-order valence-electron chi connectivity index (χ4n) is 2.09.